The summed E-state index contributed by atoms with van der Waals surface area (Å²) < 4.78 is 10.6. The second-order valence-corrected chi connectivity index (χ2v) is 5.95. The molecule has 1 aromatic carbocycles. The zero-order chi connectivity index (χ0) is 16.8. The number of nitrogens with zero attached hydrogens (tertiary/aromatic N) is 1. The van der Waals surface area contributed by atoms with Crippen molar-refractivity contribution < 1.29 is 14.1 Å². The van der Waals surface area contributed by atoms with Gasteiger partial charge in [-0.1, -0.05) is 28.4 Å². The first-order chi connectivity index (χ1) is 11.0. The first-order valence-corrected chi connectivity index (χ1v) is 7.99. The normalized spacial score (nSPS) is 10.6. The van der Waals surface area contributed by atoms with Crippen LogP contribution in [0.3, 0.4) is 0 Å². The van der Waals surface area contributed by atoms with Crippen LogP contribution >= 0.6 is 23.2 Å². The van der Waals surface area contributed by atoms with E-state index in [1.807, 2.05) is 6.92 Å². The molecule has 124 valence electrons. The van der Waals surface area contributed by atoms with Crippen LogP contribution in [-0.4, -0.2) is 24.2 Å². The van der Waals surface area contributed by atoms with Gasteiger partial charge in [0.1, 0.15) is 11.5 Å². The Morgan fingerprint density at radius 1 is 1.35 bits per heavy atom. The second kappa shape index (κ2) is 8.22. The minimum absolute atomic E-state index is 0.0658. The maximum absolute atomic E-state index is 11.9. The Labute approximate surface area is 144 Å². The van der Waals surface area contributed by atoms with Crippen molar-refractivity contribution in [3.05, 3.63) is 45.3 Å². The highest BCUT2D eigenvalue weighted by Gasteiger charge is 2.12. The fraction of sp³-hybridized carbons (Fsp3) is 0.375. The van der Waals surface area contributed by atoms with Gasteiger partial charge in [0.2, 0.25) is 5.91 Å². The molecule has 0 aliphatic carbocycles. The number of benzene rings is 1. The van der Waals surface area contributed by atoms with Crippen LogP contribution in [0.5, 0.6) is 5.75 Å². The minimum Gasteiger partial charge on any atom is -0.492 e. The summed E-state index contributed by atoms with van der Waals surface area (Å²) in [5.41, 5.74) is 1.59. The molecule has 23 heavy (non-hydrogen) atoms. The van der Waals surface area contributed by atoms with Crippen molar-refractivity contribution in [1.29, 1.82) is 0 Å². The third-order valence-corrected chi connectivity index (χ3v) is 3.84. The van der Waals surface area contributed by atoms with Crippen molar-refractivity contribution in [2.24, 2.45) is 0 Å². The van der Waals surface area contributed by atoms with Crippen molar-refractivity contribution >= 4 is 29.1 Å². The topological polar surface area (TPSA) is 64.4 Å². The zero-order valence-electron chi connectivity index (χ0n) is 13.0. The van der Waals surface area contributed by atoms with Crippen LogP contribution in [0.25, 0.3) is 0 Å². The Morgan fingerprint density at radius 3 is 2.78 bits per heavy atom. The van der Waals surface area contributed by atoms with Gasteiger partial charge >= 0.3 is 0 Å². The van der Waals surface area contributed by atoms with Crippen LogP contribution in [0.4, 0.5) is 0 Å². The van der Waals surface area contributed by atoms with Gasteiger partial charge in [0.15, 0.2) is 0 Å². The molecule has 7 heteroatoms. The lowest BCUT2D eigenvalue weighted by Gasteiger charge is -2.09. The number of rotatable bonds is 7. The van der Waals surface area contributed by atoms with Gasteiger partial charge in [-0.2, -0.15) is 0 Å². The van der Waals surface area contributed by atoms with Gasteiger partial charge in [-0.15, -0.1) is 0 Å². The highest BCUT2D eigenvalue weighted by Crippen LogP contribution is 2.27. The molecule has 0 fully saturated rings. The third-order valence-electron chi connectivity index (χ3n) is 3.31. The zero-order valence-corrected chi connectivity index (χ0v) is 14.5. The third kappa shape index (κ3) is 5.15. The van der Waals surface area contributed by atoms with E-state index >= 15 is 0 Å². The highest BCUT2D eigenvalue weighted by molar-refractivity contribution is 6.35. The molecule has 0 saturated carbocycles. The Balaban J connectivity index is 1.68. The number of carbonyl (C=O) groups is 1. The molecule has 1 N–H and O–H groups in total. The number of aryl methyl sites for hydroxylation is 2. The van der Waals surface area contributed by atoms with E-state index in [0.717, 1.165) is 11.3 Å². The average Bonchev–Trinajstić information content (AvgIpc) is 2.81. The first-order valence-electron chi connectivity index (χ1n) is 7.23. The molecule has 0 unspecified atom stereocenters. The van der Waals surface area contributed by atoms with E-state index in [4.69, 9.17) is 32.5 Å². The lowest BCUT2D eigenvalue weighted by Crippen LogP contribution is -2.27. The van der Waals surface area contributed by atoms with E-state index in [2.05, 4.69) is 10.5 Å². The molecule has 2 aromatic rings. The van der Waals surface area contributed by atoms with E-state index < -0.39 is 0 Å². The van der Waals surface area contributed by atoms with Gasteiger partial charge in [-0.25, -0.2) is 0 Å². The maximum Gasteiger partial charge on any atom is 0.224 e. The Morgan fingerprint density at radius 2 is 2.13 bits per heavy atom. The van der Waals surface area contributed by atoms with E-state index in [1.165, 1.54) is 0 Å². The lowest BCUT2D eigenvalue weighted by molar-refractivity contribution is -0.120. The van der Waals surface area contributed by atoms with E-state index in [-0.39, 0.29) is 12.3 Å². The summed E-state index contributed by atoms with van der Waals surface area (Å²) in [6.07, 6.45) is 0.942. The molecule has 2 rings (SSSR count). The van der Waals surface area contributed by atoms with Gasteiger partial charge in [0.05, 0.1) is 23.7 Å². The van der Waals surface area contributed by atoms with E-state index in [1.54, 1.807) is 25.1 Å². The molecular weight excluding hydrogens is 339 g/mol. The van der Waals surface area contributed by atoms with Gasteiger partial charge in [0, 0.05) is 17.1 Å². The van der Waals surface area contributed by atoms with Gasteiger partial charge in [-0.05, 0) is 38.5 Å². The Hall–Kier alpha value is -1.72. The molecule has 0 spiro atoms. The number of amides is 1. The summed E-state index contributed by atoms with van der Waals surface area (Å²) in [4.78, 5) is 11.9. The van der Waals surface area contributed by atoms with Crippen molar-refractivity contribution in [3.63, 3.8) is 0 Å². The molecule has 0 radical (unpaired) electrons. The van der Waals surface area contributed by atoms with Gasteiger partial charge in [-0.3, -0.25) is 4.79 Å². The van der Waals surface area contributed by atoms with Crippen molar-refractivity contribution in [2.75, 3.05) is 13.2 Å². The fourth-order valence-electron chi connectivity index (χ4n) is 2.05. The van der Waals surface area contributed by atoms with Crippen LogP contribution in [0.2, 0.25) is 10.0 Å². The number of ether oxygens (including phenoxy) is 1. The van der Waals surface area contributed by atoms with Gasteiger partial charge in [0.25, 0.3) is 0 Å². The Bertz CT molecular complexity index is 666. The second-order valence-electron chi connectivity index (χ2n) is 5.11. The van der Waals surface area contributed by atoms with Crippen LogP contribution in [0.15, 0.2) is 22.7 Å². The summed E-state index contributed by atoms with van der Waals surface area (Å²) in [5, 5.41) is 7.71. The number of carbonyl (C=O) groups excluding carboxylic acids is 1. The maximum atomic E-state index is 11.9. The van der Waals surface area contributed by atoms with Crippen molar-refractivity contribution in [3.8, 4) is 5.75 Å². The molecule has 5 nitrogen and oxygen atoms in total. The van der Waals surface area contributed by atoms with Crippen LogP contribution < -0.4 is 10.1 Å². The summed E-state index contributed by atoms with van der Waals surface area (Å²) in [6, 6.07) is 5.07. The molecule has 1 aromatic heterocycles. The average molecular weight is 357 g/mol. The van der Waals surface area contributed by atoms with Crippen molar-refractivity contribution in [1.82, 2.24) is 10.5 Å². The Kier molecular flexibility index (Phi) is 6.30. The van der Waals surface area contributed by atoms with Crippen LogP contribution in [0.1, 0.15) is 23.4 Å². The monoisotopic (exact) mass is 356 g/mol. The smallest absolute Gasteiger partial charge is 0.224 e. The standard InChI is InChI=1S/C16H18Cl2N2O3/c1-10-13(11(2)23-20-10)9-16(21)19-6-3-7-22-15-5-4-12(17)8-14(15)18/h4-5,8H,3,6-7,9H2,1-2H3,(H,19,21). The minimum atomic E-state index is -0.0658. The van der Waals surface area contributed by atoms with Crippen LogP contribution in [0, 0.1) is 13.8 Å². The molecule has 0 saturated heterocycles. The summed E-state index contributed by atoms with van der Waals surface area (Å²) in [5.74, 6) is 1.19. The number of halogens is 2. The molecule has 0 aliphatic heterocycles. The molecule has 0 bridgehead atoms. The SMILES string of the molecule is Cc1noc(C)c1CC(=O)NCCCOc1ccc(Cl)cc1Cl. The number of aromatic nitrogens is 1. The molecule has 1 amide bonds. The molecule has 0 aliphatic rings. The molecule has 0 atom stereocenters. The predicted octanol–water partition coefficient (Wildman–Crippen LogP) is 3.73. The summed E-state index contributed by atoms with van der Waals surface area (Å²) >= 11 is 11.8. The number of hydrogen-bond acceptors (Lipinski definition) is 4. The predicted molar refractivity (Wildman–Crippen MR) is 89.3 cm³/mol. The quantitative estimate of drug-likeness (QED) is 0.767. The van der Waals surface area contributed by atoms with E-state index in [0.29, 0.717) is 41.1 Å². The number of nitrogens with one attached hydrogen (secondary N) is 1. The van der Waals surface area contributed by atoms with Crippen LogP contribution in [-0.2, 0) is 11.2 Å². The molecular formula is C16H18Cl2N2O3. The largest absolute Gasteiger partial charge is 0.492 e. The fourth-order valence-corrected chi connectivity index (χ4v) is 2.51. The first kappa shape index (κ1) is 17.6. The summed E-state index contributed by atoms with van der Waals surface area (Å²) in [6.45, 7) is 4.59. The van der Waals surface area contributed by atoms with E-state index in [9.17, 15) is 4.79 Å². The number of hydrogen-bond donors (Lipinski definition) is 1. The lowest BCUT2D eigenvalue weighted by atomic mass is 10.1. The highest BCUT2D eigenvalue weighted by atomic mass is 35.5. The van der Waals surface area contributed by atoms with Gasteiger partial charge < -0.3 is 14.6 Å². The summed E-state index contributed by atoms with van der Waals surface area (Å²) in [7, 11) is 0. The molecule has 1 heterocycles. The van der Waals surface area contributed by atoms with Crippen molar-refractivity contribution in [2.45, 2.75) is 26.7 Å².